The van der Waals surface area contributed by atoms with E-state index < -0.39 is 36.9 Å². The fourth-order valence-corrected chi connectivity index (χ4v) is 7.08. The summed E-state index contributed by atoms with van der Waals surface area (Å²) in [6.07, 6.45) is 36.9. The third-order valence-electron chi connectivity index (χ3n) is 10.1. The van der Waals surface area contributed by atoms with Crippen LogP contribution in [0.25, 0.3) is 24.3 Å². The highest BCUT2D eigenvalue weighted by Crippen LogP contribution is 2.47. The molecule has 96 heavy (non-hydrogen) atoms. The van der Waals surface area contributed by atoms with Gasteiger partial charge in [-0.2, -0.15) is 0 Å². The zero-order valence-corrected chi connectivity index (χ0v) is 56.8. The lowest BCUT2D eigenvalue weighted by atomic mass is 9.97. The van der Waals surface area contributed by atoms with Crippen molar-refractivity contribution in [3.05, 3.63) is 170 Å². The number of allylic oxidation sites excluding steroid dienone is 2. The van der Waals surface area contributed by atoms with Gasteiger partial charge in [0.2, 0.25) is 11.1 Å². The maximum Gasteiger partial charge on any atom is 0.341 e. The van der Waals surface area contributed by atoms with Crippen LogP contribution in [-0.2, 0) is 71.0 Å². The van der Waals surface area contributed by atoms with Gasteiger partial charge in [0.05, 0.1) is 31.8 Å². The number of rotatable bonds is 17. The summed E-state index contributed by atoms with van der Waals surface area (Å²) in [7, 11) is -3.28. The summed E-state index contributed by atoms with van der Waals surface area (Å²) in [6.45, 7) is 19.6. The Kier molecular flexibility index (Phi) is 45.8. The molecule has 0 fully saturated rings. The minimum atomic E-state index is -3.28. The van der Waals surface area contributed by atoms with Gasteiger partial charge in [-0.25, -0.2) is 64.2 Å². The Balaban J connectivity index is 0.00000109. The normalized spacial score (nSPS) is 12.4. The van der Waals surface area contributed by atoms with E-state index in [1.807, 2.05) is 6.08 Å². The van der Waals surface area contributed by atoms with Crippen LogP contribution in [0.4, 0.5) is 0 Å². The predicted molar refractivity (Wildman–Crippen MR) is 356 cm³/mol. The zero-order chi connectivity index (χ0) is 72.1. The van der Waals surface area contributed by atoms with Crippen molar-refractivity contribution in [2.75, 3.05) is 45.7 Å². The van der Waals surface area contributed by atoms with Crippen molar-refractivity contribution >= 4 is 103 Å². The molecule has 0 aliphatic carbocycles. The molecule has 0 unspecified atom stereocenters. The second-order valence-corrected chi connectivity index (χ2v) is 22.6. The fourth-order valence-electron chi connectivity index (χ4n) is 5.63. The number of imide groups is 1. The van der Waals surface area contributed by atoms with E-state index in [2.05, 4.69) is 69.4 Å². The number of nitrogens with one attached hydrogen (secondary N) is 1. The second kappa shape index (κ2) is 51.2. The second-order valence-electron chi connectivity index (χ2n) is 20.2. The van der Waals surface area contributed by atoms with Gasteiger partial charge in [0.1, 0.15) is 6.16 Å². The number of nitrogens with zero attached hydrogens (tertiary/aromatic N) is 11. The maximum atomic E-state index is 11.9. The Hall–Kier alpha value is -10.2. The number of carbonyl (C=O) groups is 10. The minimum absolute atomic E-state index is 0.0440. The van der Waals surface area contributed by atoms with Crippen LogP contribution in [0, 0.1) is 10.8 Å². The highest BCUT2D eigenvalue weighted by Gasteiger charge is 2.28. The summed E-state index contributed by atoms with van der Waals surface area (Å²) in [5, 5.41) is 10.7. The van der Waals surface area contributed by atoms with Crippen LogP contribution in [-0.4, -0.2) is 165 Å². The summed E-state index contributed by atoms with van der Waals surface area (Å²) < 4.78 is 35.5. The number of aromatic nitrogens is 10. The smallest absolute Gasteiger partial charge is 0.341 e. The Morgan fingerprint density at radius 1 is 0.562 bits per heavy atom. The monoisotopic (exact) mass is 1370 g/mol. The van der Waals surface area contributed by atoms with Gasteiger partial charge in [0.25, 0.3) is 11.8 Å². The lowest BCUT2D eigenvalue weighted by Gasteiger charge is -2.15. The number of hydrogen-bond acceptors (Lipinski definition) is 26. The standard InChI is InChI=1S/C13H13N3O2.C12H14N2O3.C9H10N2O2.C8H17O5P.C7H6N2O2.C6H9NO.C5H9ClO.C5H4N2O/c17-12-5-2-1-3-10-16(12)13(18)7-6-11-14-8-4-9-15-11;1-12(2,3)11(16)17-10(15)6-5-9-13-7-4-8-14-9;1-2-13-9(12)5-4-8-10-6-3-7-11-8;1-4-11-8(9)7-14(10,12-5-2)13-6-3;10-7(11)3-2-6-8-4-1-5-9-6;8-6-4-2-1-3-5-7-6;1-5(2,3)4(6)7;8-4-5-6-2-1-3-7-5/h2,4-9H,1,3,10H2;4-8H,1-3H3;3-7H,2H2,1H3;4-7H2,1-3H3;1-5H,(H,10,11);2,4H,1,3,5H2,(H,7,8);1-3H3;1-4H/b7-6+;6-5+;5-4+;;3-2+;;;. The van der Waals surface area contributed by atoms with Gasteiger partial charge < -0.3 is 33.7 Å². The predicted octanol–water partition coefficient (Wildman–Crippen LogP) is 8.78. The first-order valence-corrected chi connectivity index (χ1v) is 31.6. The zero-order valence-electron chi connectivity index (χ0n) is 55.2. The van der Waals surface area contributed by atoms with Crippen molar-refractivity contribution in [1.29, 1.82) is 0 Å². The molecule has 5 aromatic rings. The van der Waals surface area contributed by atoms with Crippen LogP contribution in [0.15, 0.2) is 141 Å². The van der Waals surface area contributed by atoms with E-state index >= 15 is 0 Å². The number of aliphatic carboxylic acids is 1. The van der Waals surface area contributed by atoms with E-state index in [-0.39, 0.29) is 66.2 Å². The number of carboxylic acid groups (broad SMARTS) is 1. The van der Waals surface area contributed by atoms with Crippen LogP contribution < -0.4 is 5.32 Å². The summed E-state index contributed by atoms with van der Waals surface area (Å²) in [6, 6.07) is 8.40. The van der Waals surface area contributed by atoms with E-state index in [1.54, 1.807) is 161 Å². The van der Waals surface area contributed by atoms with Crippen molar-refractivity contribution in [3.63, 3.8) is 0 Å². The largest absolute Gasteiger partial charge is 0.478 e. The molecule has 31 heteroatoms. The van der Waals surface area contributed by atoms with Crippen molar-refractivity contribution in [3.8, 4) is 0 Å². The van der Waals surface area contributed by atoms with Crippen LogP contribution in [0.2, 0.25) is 0 Å². The van der Waals surface area contributed by atoms with Gasteiger partial charge in [0.15, 0.2) is 35.4 Å². The SMILES string of the molecule is CC(C)(C)C(=O)Cl.CC(C)(C)C(=O)OC(=O)/C=C/c1ncccn1.CCOC(=O)/C=C/c1ncccn1.CCOC(=O)CP(=O)(OCC)OCC.O=C(O)/C=C/c1ncccn1.O=C1C=CCCCN1.O=C1C=CCCCN1C(=O)/C=C/c1ncccn1.O=Cc1ncccn1. The number of carbonyl (C=O) groups excluding carboxylic acids is 9. The number of ether oxygens (including phenoxy) is 3. The van der Waals surface area contributed by atoms with Gasteiger partial charge in [-0.1, -0.05) is 32.9 Å². The van der Waals surface area contributed by atoms with Gasteiger partial charge in [-0.15, -0.1) is 0 Å². The molecule has 0 saturated heterocycles. The molecule has 7 heterocycles. The molecule has 3 amide bonds. The molecule has 29 nitrogen and oxygen atoms in total. The number of aldehydes is 1. The van der Waals surface area contributed by atoms with Crippen molar-refractivity contribution < 1.29 is 80.9 Å². The summed E-state index contributed by atoms with van der Waals surface area (Å²) in [5.41, 5.74) is -1.08. The third kappa shape index (κ3) is 45.9. The molecule has 0 aromatic carbocycles. The average molecular weight is 1370 g/mol. The van der Waals surface area contributed by atoms with Gasteiger partial charge in [-0.05, 0) is 153 Å². The Morgan fingerprint density at radius 2 is 0.958 bits per heavy atom. The maximum absolute atomic E-state index is 11.9. The van der Waals surface area contributed by atoms with Crippen LogP contribution in [0.1, 0.15) is 129 Å². The topological polar surface area (TPSA) is 398 Å². The molecular weight excluding hydrogens is 1290 g/mol. The Morgan fingerprint density at radius 3 is 1.34 bits per heavy atom. The molecule has 0 bridgehead atoms. The molecule has 2 N–H and O–H groups in total. The first-order chi connectivity index (χ1) is 45.6. The number of halogens is 1. The first-order valence-electron chi connectivity index (χ1n) is 29.5. The van der Waals surface area contributed by atoms with Crippen molar-refractivity contribution in [2.24, 2.45) is 10.8 Å². The number of esters is 4. The lowest BCUT2D eigenvalue weighted by molar-refractivity contribution is -0.162. The third-order valence-corrected chi connectivity index (χ3v) is 12.7. The molecule has 0 saturated carbocycles. The first kappa shape index (κ1) is 85.8. The molecule has 0 spiro atoms. The summed E-state index contributed by atoms with van der Waals surface area (Å²) >= 11 is 5.11. The fraction of sp³-hybridized carbons (Fsp3) is 0.354. The molecule has 7 rings (SSSR count). The number of hydrogen-bond donors (Lipinski definition) is 2. The van der Waals surface area contributed by atoms with E-state index in [4.69, 9.17) is 25.8 Å². The molecule has 2 aliphatic heterocycles. The molecule has 5 aromatic heterocycles. The van der Waals surface area contributed by atoms with Crippen molar-refractivity contribution in [2.45, 2.75) is 94.9 Å². The summed E-state index contributed by atoms with van der Waals surface area (Å²) in [4.78, 5) is 148. The molecular formula is C65H82ClN12O17P. The molecule has 0 atom stereocenters. The van der Waals surface area contributed by atoms with Crippen LogP contribution in [0.5, 0.6) is 0 Å². The lowest BCUT2D eigenvalue weighted by Crippen LogP contribution is -2.34. The van der Waals surface area contributed by atoms with E-state index in [1.165, 1.54) is 59.8 Å². The Labute approximate surface area is 562 Å². The van der Waals surface area contributed by atoms with Crippen LogP contribution in [0.3, 0.4) is 0 Å². The molecule has 0 radical (unpaired) electrons. The number of carboxylic acids is 1. The highest BCUT2D eigenvalue weighted by molar-refractivity contribution is 7.54. The Bertz CT molecular complexity index is 3360. The summed E-state index contributed by atoms with van der Waals surface area (Å²) in [5.74, 6) is -1.84. The number of amides is 3. The van der Waals surface area contributed by atoms with Crippen molar-refractivity contribution in [1.82, 2.24) is 60.1 Å². The van der Waals surface area contributed by atoms with E-state index in [0.717, 1.165) is 44.4 Å². The van der Waals surface area contributed by atoms with Crippen LogP contribution >= 0.6 is 19.2 Å². The average Bonchev–Trinajstić information content (AvgIpc) is 2.29. The van der Waals surface area contributed by atoms with E-state index in [9.17, 15) is 52.5 Å². The quantitative estimate of drug-likeness (QED) is 0.0167. The molecule has 2 aliphatic rings. The van der Waals surface area contributed by atoms with Gasteiger partial charge >= 0.3 is 37.4 Å². The van der Waals surface area contributed by atoms with Gasteiger partial charge in [-0.3, -0.25) is 43.0 Å². The molecule has 516 valence electrons. The van der Waals surface area contributed by atoms with E-state index in [0.29, 0.717) is 42.7 Å². The highest BCUT2D eigenvalue weighted by atomic mass is 35.5. The van der Waals surface area contributed by atoms with Gasteiger partial charge in [0, 0.05) is 105 Å². The minimum Gasteiger partial charge on any atom is -0.478 e.